The Balaban J connectivity index is 1.54. The second-order valence-corrected chi connectivity index (χ2v) is 10.7. The third-order valence-corrected chi connectivity index (χ3v) is 7.27. The van der Waals surface area contributed by atoms with Crippen LogP contribution in [0.2, 0.25) is 0 Å². The zero-order valence-electron chi connectivity index (χ0n) is 24.7. The van der Waals surface area contributed by atoms with Crippen molar-refractivity contribution < 1.29 is 23.9 Å². The number of aromatic nitrogens is 2. The van der Waals surface area contributed by atoms with Crippen LogP contribution in [0.3, 0.4) is 0 Å². The van der Waals surface area contributed by atoms with Crippen LogP contribution >= 0.6 is 0 Å². The molecular formula is C32H41N5O5. The van der Waals surface area contributed by atoms with Gasteiger partial charge in [-0.15, -0.1) is 0 Å². The fourth-order valence-corrected chi connectivity index (χ4v) is 4.96. The molecule has 0 spiro atoms. The summed E-state index contributed by atoms with van der Waals surface area (Å²) in [6, 6.07) is 14.8. The van der Waals surface area contributed by atoms with Crippen LogP contribution in [-0.2, 0) is 27.3 Å². The maximum absolute atomic E-state index is 13.3. The summed E-state index contributed by atoms with van der Waals surface area (Å²) < 4.78 is 13.7. The Morgan fingerprint density at radius 1 is 1.12 bits per heavy atom. The van der Waals surface area contributed by atoms with Crippen molar-refractivity contribution in [1.82, 2.24) is 25.1 Å². The third kappa shape index (κ3) is 8.34. The van der Waals surface area contributed by atoms with E-state index in [-0.39, 0.29) is 36.6 Å². The lowest BCUT2D eigenvalue weighted by Crippen LogP contribution is -2.52. The number of nitrogens with zero attached hydrogens (tertiary/aromatic N) is 3. The number of benzene rings is 2. The van der Waals surface area contributed by atoms with Crippen molar-refractivity contribution in [1.29, 1.82) is 0 Å². The number of hydrogen-bond donors (Lipinski definition) is 2. The van der Waals surface area contributed by atoms with Crippen LogP contribution in [0.4, 0.5) is 0 Å². The van der Waals surface area contributed by atoms with Gasteiger partial charge in [0.15, 0.2) is 11.5 Å². The zero-order chi connectivity index (χ0) is 29.9. The highest BCUT2D eigenvalue weighted by Gasteiger charge is 2.26. The minimum absolute atomic E-state index is 0.125. The molecule has 3 amide bonds. The number of amides is 3. The Bertz CT molecular complexity index is 1340. The largest absolute Gasteiger partial charge is 0.493 e. The van der Waals surface area contributed by atoms with Crippen LogP contribution in [0.5, 0.6) is 11.5 Å². The summed E-state index contributed by atoms with van der Waals surface area (Å²) in [5, 5.41) is 5.82. The molecule has 4 rings (SSSR count). The lowest BCUT2D eigenvalue weighted by Gasteiger charge is -2.26. The Labute approximate surface area is 247 Å². The van der Waals surface area contributed by atoms with Crippen LogP contribution in [0, 0.1) is 5.92 Å². The molecule has 2 N–H and O–H groups in total. The summed E-state index contributed by atoms with van der Waals surface area (Å²) in [5.41, 5.74) is 1.94. The van der Waals surface area contributed by atoms with Crippen molar-refractivity contribution in [2.45, 2.75) is 52.1 Å². The molecular weight excluding hydrogens is 534 g/mol. The predicted molar refractivity (Wildman–Crippen MR) is 160 cm³/mol. The number of fused-ring (bicyclic) bond motifs is 4. The van der Waals surface area contributed by atoms with Gasteiger partial charge in [0.2, 0.25) is 17.7 Å². The Morgan fingerprint density at radius 2 is 1.93 bits per heavy atom. The Kier molecular flexibility index (Phi) is 11.0. The summed E-state index contributed by atoms with van der Waals surface area (Å²) in [4.78, 5) is 45.6. The fourth-order valence-electron chi connectivity index (χ4n) is 4.96. The van der Waals surface area contributed by atoms with Gasteiger partial charge in [-0.1, -0.05) is 44.2 Å². The molecule has 224 valence electrons. The molecule has 2 aromatic carbocycles. The average Bonchev–Trinajstić information content (AvgIpc) is 3.46. The first-order chi connectivity index (χ1) is 20.4. The number of carbonyl (C=O) groups excluding carboxylic acids is 3. The second-order valence-electron chi connectivity index (χ2n) is 10.7. The van der Waals surface area contributed by atoms with E-state index in [2.05, 4.69) is 15.6 Å². The van der Waals surface area contributed by atoms with Gasteiger partial charge in [-0.3, -0.25) is 14.4 Å². The molecule has 0 aliphatic carbocycles. The summed E-state index contributed by atoms with van der Waals surface area (Å²) in [7, 11) is 1.59. The van der Waals surface area contributed by atoms with Crippen molar-refractivity contribution in [3.05, 3.63) is 66.5 Å². The topological polar surface area (TPSA) is 115 Å². The smallest absolute Gasteiger partial charge is 0.242 e. The predicted octanol–water partition coefficient (Wildman–Crippen LogP) is 3.45. The van der Waals surface area contributed by atoms with E-state index in [0.717, 1.165) is 17.0 Å². The molecule has 1 aliphatic rings. The standard InChI is InChI=1S/C32H41N5O5/c1-23(2)30-32(40)34-15-7-17-36-19-16-33-31(36)25-12-13-26(41-3)27(21-25)42-20-8-18-37(22-28(38)35-30)29(39)14-11-24-9-5-4-6-10-24/h4-6,9-10,12-13,16,19,21,23,30H,7-8,11,14-15,17-18,20,22H2,1-3H3,(H,34,40)(H,35,38)/t30-/m1/s1. The van der Waals surface area contributed by atoms with E-state index in [1.807, 2.05) is 73.1 Å². The fraction of sp³-hybridized carbons (Fsp3) is 0.438. The lowest BCUT2D eigenvalue weighted by atomic mass is 10.0. The highest BCUT2D eigenvalue weighted by molar-refractivity contribution is 5.90. The van der Waals surface area contributed by atoms with E-state index in [1.165, 1.54) is 0 Å². The number of carbonyl (C=O) groups is 3. The minimum Gasteiger partial charge on any atom is -0.493 e. The number of ether oxygens (including phenoxy) is 2. The molecule has 3 aromatic rings. The van der Waals surface area contributed by atoms with Crippen LogP contribution < -0.4 is 20.1 Å². The van der Waals surface area contributed by atoms with Crippen LogP contribution in [0.1, 0.15) is 38.7 Å². The highest BCUT2D eigenvalue weighted by atomic mass is 16.5. The number of hydrogen-bond acceptors (Lipinski definition) is 6. The average molecular weight is 576 g/mol. The van der Waals surface area contributed by atoms with E-state index in [1.54, 1.807) is 18.2 Å². The molecule has 42 heavy (non-hydrogen) atoms. The molecule has 1 aliphatic heterocycles. The van der Waals surface area contributed by atoms with Gasteiger partial charge in [0, 0.05) is 44.0 Å². The van der Waals surface area contributed by atoms with Crippen molar-refractivity contribution in [3.63, 3.8) is 0 Å². The molecule has 2 bridgehead atoms. The number of imidazole rings is 1. The first-order valence-corrected chi connectivity index (χ1v) is 14.6. The van der Waals surface area contributed by atoms with Crippen LogP contribution in [0.15, 0.2) is 60.9 Å². The van der Waals surface area contributed by atoms with Gasteiger partial charge in [0.25, 0.3) is 0 Å². The van der Waals surface area contributed by atoms with E-state index in [4.69, 9.17) is 9.47 Å². The van der Waals surface area contributed by atoms with Crippen molar-refractivity contribution in [3.8, 4) is 22.9 Å². The Hall–Kier alpha value is -4.34. The second kappa shape index (κ2) is 15.0. The molecule has 0 fully saturated rings. The van der Waals surface area contributed by atoms with Crippen molar-refractivity contribution >= 4 is 17.7 Å². The maximum Gasteiger partial charge on any atom is 0.242 e. The van der Waals surface area contributed by atoms with Crippen LogP contribution in [-0.4, -0.2) is 71.6 Å². The van der Waals surface area contributed by atoms with E-state index < -0.39 is 6.04 Å². The number of aryl methyl sites for hydroxylation is 2. The number of nitrogens with one attached hydrogen (secondary N) is 2. The third-order valence-electron chi connectivity index (χ3n) is 7.27. The van der Waals surface area contributed by atoms with Gasteiger partial charge in [-0.2, -0.15) is 0 Å². The first kappa shape index (κ1) is 30.6. The minimum atomic E-state index is -0.707. The zero-order valence-corrected chi connectivity index (χ0v) is 24.7. The molecule has 0 unspecified atom stereocenters. The Morgan fingerprint density at radius 3 is 2.69 bits per heavy atom. The van der Waals surface area contributed by atoms with E-state index in [0.29, 0.717) is 57.0 Å². The molecule has 10 heteroatoms. The number of methoxy groups -OCH3 is 1. The molecule has 10 nitrogen and oxygen atoms in total. The highest BCUT2D eigenvalue weighted by Crippen LogP contribution is 2.32. The first-order valence-electron chi connectivity index (χ1n) is 14.6. The van der Waals surface area contributed by atoms with Crippen molar-refractivity contribution in [2.75, 3.05) is 33.4 Å². The van der Waals surface area contributed by atoms with E-state index in [9.17, 15) is 14.4 Å². The molecule has 1 aromatic heterocycles. The number of rotatable bonds is 5. The summed E-state index contributed by atoms with van der Waals surface area (Å²) in [6.45, 7) is 5.37. The SMILES string of the molecule is COc1ccc2cc1OCCCN(C(=O)CCc1ccccc1)CC(=O)N[C@H](C(C)C)C(=O)NCCCn1ccnc1-2. The summed E-state index contributed by atoms with van der Waals surface area (Å²) in [5.74, 6) is 1.10. The quantitative estimate of drug-likeness (QED) is 0.482. The summed E-state index contributed by atoms with van der Waals surface area (Å²) in [6.07, 6.45) is 5.68. The van der Waals surface area contributed by atoms with Gasteiger partial charge < -0.3 is 29.6 Å². The summed E-state index contributed by atoms with van der Waals surface area (Å²) >= 11 is 0. The molecule has 0 saturated carbocycles. The van der Waals surface area contributed by atoms with Gasteiger partial charge in [-0.05, 0) is 48.9 Å². The molecule has 2 heterocycles. The normalized spacial score (nSPS) is 17.1. The molecule has 0 saturated heterocycles. The van der Waals surface area contributed by atoms with E-state index >= 15 is 0 Å². The molecule has 0 radical (unpaired) electrons. The van der Waals surface area contributed by atoms with Gasteiger partial charge >= 0.3 is 0 Å². The lowest BCUT2D eigenvalue weighted by molar-refractivity contribution is -0.137. The van der Waals surface area contributed by atoms with Gasteiger partial charge in [0.1, 0.15) is 11.9 Å². The van der Waals surface area contributed by atoms with Crippen molar-refractivity contribution in [2.24, 2.45) is 5.92 Å². The molecule has 1 atom stereocenters. The van der Waals surface area contributed by atoms with Gasteiger partial charge in [0.05, 0.1) is 20.3 Å². The van der Waals surface area contributed by atoms with Crippen LogP contribution in [0.25, 0.3) is 11.4 Å². The maximum atomic E-state index is 13.3. The monoisotopic (exact) mass is 575 g/mol. The van der Waals surface area contributed by atoms with Gasteiger partial charge in [-0.25, -0.2) is 4.98 Å².